The second-order valence-corrected chi connectivity index (χ2v) is 3.41. The van der Waals surface area contributed by atoms with Crippen LogP contribution in [-0.4, -0.2) is 59.4 Å². The minimum absolute atomic E-state index is 0.00820. The number of hydrogen-bond acceptors (Lipinski definition) is 3. The van der Waals surface area contributed by atoms with Crippen molar-refractivity contribution in [1.82, 2.24) is 9.80 Å². The van der Waals surface area contributed by atoms with Gasteiger partial charge >= 0.3 is 5.97 Å². The van der Waals surface area contributed by atoms with Crippen LogP contribution < -0.4 is 0 Å². The van der Waals surface area contributed by atoms with Gasteiger partial charge in [0.2, 0.25) is 11.8 Å². The van der Waals surface area contributed by atoms with E-state index in [1.807, 2.05) is 0 Å². The number of rotatable bonds is 3. The number of carbonyl (C=O) groups is 3. The Labute approximate surface area is 86.8 Å². The van der Waals surface area contributed by atoms with Gasteiger partial charge in [0.1, 0.15) is 6.54 Å². The van der Waals surface area contributed by atoms with Crippen molar-refractivity contribution in [3.05, 3.63) is 12.2 Å². The normalized spacial score (nSPS) is 16.9. The summed E-state index contributed by atoms with van der Waals surface area (Å²) in [4.78, 5) is 35.7. The molecule has 0 bridgehead atoms. The lowest BCUT2D eigenvalue weighted by molar-refractivity contribution is -0.148. The molecule has 0 unspecified atom stereocenters. The highest BCUT2D eigenvalue weighted by molar-refractivity contribution is 5.94. The van der Waals surface area contributed by atoms with Crippen molar-refractivity contribution in [2.75, 3.05) is 26.7 Å². The first kappa shape index (κ1) is 11.2. The number of aliphatic carboxylic acids is 1. The first-order chi connectivity index (χ1) is 6.91. The first-order valence-corrected chi connectivity index (χ1v) is 4.34. The van der Waals surface area contributed by atoms with Gasteiger partial charge in [0.25, 0.3) is 0 Å². The molecule has 1 saturated heterocycles. The number of carboxylic acids is 1. The standard InChI is InChI=1S/C9H12N2O4/c1-6(9(14)15)3-11-5-7(12)10(2)4-8(11)13/h1,3-5H2,2H3,(H,14,15). The van der Waals surface area contributed by atoms with Crippen LogP contribution in [0, 0.1) is 0 Å². The third kappa shape index (κ3) is 2.55. The lowest BCUT2D eigenvalue weighted by Crippen LogP contribution is -2.52. The van der Waals surface area contributed by atoms with E-state index >= 15 is 0 Å². The van der Waals surface area contributed by atoms with E-state index in [0.29, 0.717) is 0 Å². The average Bonchev–Trinajstić information content (AvgIpc) is 2.13. The molecule has 6 nitrogen and oxygen atoms in total. The van der Waals surface area contributed by atoms with E-state index in [0.717, 1.165) is 0 Å². The lowest BCUT2D eigenvalue weighted by Gasteiger charge is -2.31. The van der Waals surface area contributed by atoms with Crippen molar-refractivity contribution in [3.63, 3.8) is 0 Å². The van der Waals surface area contributed by atoms with E-state index in [1.54, 1.807) is 0 Å². The van der Waals surface area contributed by atoms with Gasteiger partial charge in [-0.2, -0.15) is 0 Å². The third-order valence-corrected chi connectivity index (χ3v) is 2.16. The van der Waals surface area contributed by atoms with Gasteiger partial charge in [-0.25, -0.2) is 4.79 Å². The van der Waals surface area contributed by atoms with Gasteiger partial charge in [-0.05, 0) is 0 Å². The topological polar surface area (TPSA) is 77.9 Å². The molecule has 1 aliphatic heterocycles. The highest BCUT2D eigenvalue weighted by atomic mass is 16.4. The molecule has 0 saturated carbocycles. The molecule has 82 valence electrons. The SMILES string of the molecule is C=C(CN1CC(=O)N(C)CC1=O)C(=O)O. The fourth-order valence-electron chi connectivity index (χ4n) is 1.21. The molecule has 0 spiro atoms. The molecule has 6 heteroatoms. The molecule has 0 aliphatic carbocycles. The molecular formula is C9H12N2O4. The molecule has 0 aromatic heterocycles. The Morgan fingerprint density at radius 1 is 1.40 bits per heavy atom. The van der Waals surface area contributed by atoms with Crippen molar-refractivity contribution in [2.24, 2.45) is 0 Å². The van der Waals surface area contributed by atoms with Crippen LogP contribution in [0.25, 0.3) is 0 Å². The zero-order valence-corrected chi connectivity index (χ0v) is 8.39. The quantitative estimate of drug-likeness (QED) is 0.604. The predicted octanol–water partition coefficient (Wildman–Crippen LogP) is -1.07. The van der Waals surface area contributed by atoms with E-state index in [9.17, 15) is 14.4 Å². The van der Waals surface area contributed by atoms with Crippen LogP contribution >= 0.6 is 0 Å². The van der Waals surface area contributed by atoms with Crippen LogP contribution in [0.1, 0.15) is 0 Å². The molecular weight excluding hydrogens is 200 g/mol. The summed E-state index contributed by atoms with van der Waals surface area (Å²) < 4.78 is 0. The zero-order valence-electron chi connectivity index (χ0n) is 8.39. The molecule has 0 atom stereocenters. The molecule has 15 heavy (non-hydrogen) atoms. The van der Waals surface area contributed by atoms with Gasteiger partial charge in [0.15, 0.2) is 0 Å². The molecule has 1 heterocycles. The van der Waals surface area contributed by atoms with Gasteiger partial charge in [-0.1, -0.05) is 6.58 Å². The van der Waals surface area contributed by atoms with E-state index < -0.39 is 5.97 Å². The summed E-state index contributed by atoms with van der Waals surface area (Å²) in [6, 6.07) is 0. The fourth-order valence-corrected chi connectivity index (χ4v) is 1.21. The maximum atomic E-state index is 11.4. The minimum Gasteiger partial charge on any atom is -0.478 e. The van der Waals surface area contributed by atoms with Crippen LogP contribution in [0.2, 0.25) is 0 Å². The Kier molecular flexibility index (Phi) is 3.08. The van der Waals surface area contributed by atoms with Gasteiger partial charge in [-0.15, -0.1) is 0 Å². The Hall–Kier alpha value is -1.85. The number of nitrogens with zero attached hydrogens (tertiary/aromatic N) is 2. The van der Waals surface area contributed by atoms with Crippen molar-refractivity contribution >= 4 is 17.8 Å². The van der Waals surface area contributed by atoms with Gasteiger partial charge in [0.05, 0.1) is 13.1 Å². The molecule has 0 radical (unpaired) electrons. The summed E-state index contributed by atoms with van der Waals surface area (Å²) in [5, 5.41) is 8.58. The number of hydrogen-bond donors (Lipinski definition) is 1. The summed E-state index contributed by atoms with van der Waals surface area (Å²) >= 11 is 0. The zero-order chi connectivity index (χ0) is 11.6. The smallest absolute Gasteiger partial charge is 0.332 e. The maximum absolute atomic E-state index is 11.4. The molecule has 1 aliphatic rings. The second-order valence-electron chi connectivity index (χ2n) is 3.41. The van der Waals surface area contributed by atoms with E-state index in [-0.39, 0.29) is 37.0 Å². The van der Waals surface area contributed by atoms with Crippen LogP contribution in [0.5, 0.6) is 0 Å². The summed E-state index contributed by atoms with van der Waals surface area (Å²) in [7, 11) is 1.53. The summed E-state index contributed by atoms with van der Waals surface area (Å²) in [5.74, 6) is -1.62. The third-order valence-electron chi connectivity index (χ3n) is 2.16. The van der Waals surface area contributed by atoms with Crippen LogP contribution in [-0.2, 0) is 14.4 Å². The van der Waals surface area contributed by atoms with Gasteiger partial charge < -0.3 is 14.9 Å². The first-order valence-electron chi connectivity index (χ1n) is 4.34. The second kappa shape index (κ2) is 4.12. The lowest BCUT2D eigenvalue weighted by atomic mass is 10.2. The van der Waals surface area contributed by atoms with Gasteiger partial charge in [0, 0.05) is 12.6 Å². The number of piperazine rings is 1. The number of likely N-dealkylation sites (N-methyl/N-ethyl adjacent to an activating group) is 1. The highest BCUT2D eigenvalue weighted by Crippen LogP contribution is 2.05. The molecule has 1 rings (SSSR count). The Morgan fingerprint density at radius 2 is 2.00 bits per heavy atom. The van der Waals surface area contributed by atoms with Crippen molar-refractivity contribution in [1.29, 1.82) is 0 Å². The van der Waals surface area contributed by atoms with E-state index in [4.69, 9.17) is 5.11 Å². The van der Waals surface area contributed by atoms with Crippen molar-refractivity contribution < 1.29 is 19.5 Å². The largest absolute Gasteiger partial charge is 0.478 e. The van der Waals surface area contributed by atoms with Gasteiger partial charge in [-0.3, -0.25) is 9.59 Å². The molecule has 1 N–H and O–H groups in total. The Morgan fingerprint density at radius 3 is 2.53 bits per heavy atom. The number of amides is 2. The monoisotopic (exact) mass is 212 g/mol. The summed E-state index contributed by atoms with van der Waals surface area (Å²) in [5.41, 5.74) is -0.0966. The van der Waals surface area contributed by atoms with Crippen molar-refractivity contribution in [2.45, 2.75) is 0 Å². The summed E-state index contributed by atoms with van der Waals surface area (Å²) in [6.45, 7) is 3.12. The predicted molar refractivity (Wildman–Crippen MR) is 51.0 cm³/mol. The van der Waals surface area contributed by atoms with Crippen LogP contribution in [0.4, 0.5) is 0 Å². The molecule has 1 fully saturated rings. The number of carbonyl (C=O) groups excluding carboxylic acids is 2. The molecule has 0 aromatic rings. The van der Waals surface area contributed by atoms with Crippen LogP contribution in [0.15, 0.2) is 12.2 Å². The minimum atomic E-state index is -1.16. The van der Waals surface area contributed by atoms with Crippen LogP contribution in [0.3, 0.4) is 0 Å². The summed E-state index contributed by atoms with van der Waals surface area (Å²) in [6.07, 6.45) is 0. The average molecular weight is 212 g/mol. The van der Waals surface area contributed by atoms with Crippen molar-refractivity contribution in [3.8, 4) is 0 Å². The molecule has 2 amide bonds. The maximum Gasteiger partial charge on any atom is 0.332 e. The highest BCUT2D eigenvalue weighted by Gasteiger charge is 2.28. The van der Waals surface area contributed by atoms with E-state index in [1.165, 1.54) is 16.8 Å². The van der Waals surface area contributed by atoms with E-state index in [2.05, 4.69) is 6.58 Å². The molecule has 0 aromatic carbocycles. The fraction of sp³-hybridized carbons (Fsp3) is 0.444. The number of carboxylic acid groups (broad SMARTS) is 1. The Balaban J connectivity index is 2.63. The Bertz CT molecular complexity index is 337.